The molecule has 0 spiro atoms. The van der Waals surface area contributed by atoms with Gasteiger partial charge in [-0.1, -0.05) is 23.8 Å². The smallest absolute Gasteiger partial charge is 0.414 e. The topological polar surface area (TPSA) is 106 Å². The van der Waals surface area contributed by atoms with Gasteiger partial charge in [0.15, 0.2) is 11.6 Å². The van der Waals surface area contributed by atoms with Gasteiger partial charge in [0.25, 0.3) is 0 Å². The molecule has 1 aliphatic rings. The molecule has 0 radical (unpaired) electrons. The second-order valence-electron chi connectivity index (χ2n) is 8.14. The zero-order valence-corrected chi connectivity index (χ0v) is 18.8. The van der Waals surface area contributed by atoms with E-state index >= 15 is 0 Å². The lowest BCUT2D eigenvalue weighted by molar-refractivity contribution is -0.121. The Morgan fingerprint density at radius 3 is 2.71 bits per heavy atom. The fourth-order valence-electron chi connectivity index (χ4n) is 3.83. The predicted molar refractivity (Wildman–Crippen MR) is 121 cm³/mol. The number of anilines is 1. The normalized spacial score (nSPS) is 15.3. The fraction of sp³-hybridized carbons (Fsp3) is 0.292. The van der Waals surface area contributed by atoms with E-state index in [1.165, 1.54) is 34.4 Å². The van der Waals surface area contributed by atoms with Crippen LogP contribution in [0.2, 0.25) is 0 Å². The van der Waals surface area contributed by atoms with Crippen LogP contribution in [0.15, 0.2) is 49.1 Å². The number of hydrogen-bond acceptors (Lipinski definition) is 6. The van der Waals surface area contributed by atoms with E-state index in [0.29, 0.717) is 11.3 Å². The van der Waals surface area contributed by atoms with Crippen LogP contribution in [0.4, 0.5) is 14.9 Å². The molecule has 0 aliphatic carbocycles. The Morgan fingerprint density at radius 1 is 1.18 bits per heavy atom. The molecule has 34 heavy (non-hydrogen) atoms. The second-order valence-corrected chi connectivity index (χ2v) is 8.14. The number of cyclic esters (lactones) is 1. The van der Waals surface area contributed by atoms with Crippen molar-refractivity contribution in [3.05, 3.63) is 71.6 Å². The fourth-order valence-corrected chi connectivity index (χ4v) is 3.83. The van der Waals surface area contributed by atoms with E-state index in [2.05, 4.69) is 15.4 Å². The maximum absolute atomic E-state index is 14.5. The number of rotatable bonds is 8. The first-order valence-corrected chi connectivity index (χ1v) is 10.8. The number of benzene rings is 2. The lowest BCUT2D eigenvalue weighted by atomic mass is 9.99. The largest absolute Gasteiger partial charge is 0.442 e. The van der Waals surface area contributed by atoms with Crippen LogP contribution in [0.5, 0.6) is 0 Å². The van der Waals surface area contributed by atoms with Gasteiger partial charge in [-0.05, 0) is 37.6 Å². The average Bonchev–Trinajstić information content (AvgIpc) is 3.46. The molecular weight excluding hydrogens is 441 g/mol. The highest BCUT2D eigenvalue weighted by molar-refractivity contribution is 5.99. The number of hydrogen-bond donors (Lipinski definition) is 1. The molecule has 176 valence electrons. The molecule has 2 amide bonds. The third-order valence-corrected chi connectivity index (χ3v) is 5.57. The van der Waals surface area contributed by atoms with Crippen LogP contribution in [-0.2, 0) is 9.53 Å². The Bertz CT molecular complexity index is 1230. The summed E-state index contributed by atoms with van der Waals surface area (Å²) in [5.41, 5.74) is 3.10. The van der Waals surface area contributed by atoms with Gasteiger partial charge in [0.05, 0.1) is 18.8 Å². The van der Waals surface area contributed by atoms with Crippen LogP contribution in [0, 0.1) is 19.7 Å². The Balaban J connectivity index is 1.28. The zero-order chi connectivity index (χ0) is 24.2. The van der Waals surface area contributed by atoms with Gasteiger partial charge >= 0.3 is 6.09 Å². The van der Waals surface area contributed by atoms with Crippen LogP contribution in [-0.4, -0.2) is 51.7 Å². The van der Waals surface area contributed by atoms with E-state index in [4.69, 9.17) is 4.74 Å². The number of aromatic nitrogens is 3. The van der Waals surface area contributed by atoms with Crippen molar-refractivity contribution in [1.82, 2.24) is 20.1 Å². The van der Waals surface area contributed by atoms with Crippen molar-refractivity contribution in [3.63, 3.8) is 0 Å². The number of carbonyl (C=O) groups is 3. The molecule has 0 unspecified atom stereocenters. The van der Waals surface area contributed by atoms with Crippen molar-refractivity contribution in [3.8, 4) is 5.69 Å². The Morgan fingerprint density at radius 2 is 2.00 bits per heavy atom. The van der Waals surface area contributed by atoms with E-state index in [0.717, 1.165) is 11.1 Å². The molecule has 2 heterocycles. The van der Waals surface area contributed by atoms with E-state index in [-0.39, 0.29) is 43.3 Å². The maximum Gasteiger partial charge on any atom is 0.414 e. The summed E-state index contributed by atoms with van der Waals surface area (Å²) in [5, 5.41) is 6.59. The molecule has 10 heteroatoms. The highest BCUT2D eigenvalue weighted by Crippen LogP contribution is 2.25. The van der Waals surface area contributed by atoms with Crippen LogP contribution < -0.4 is 10.2 Å². The summed E-state index contributed by atoms with van der Waals surface area (Å²) in [5.74, 6) is -0.973. The lowest BCUT2D eigenvalue weighted by Crippen LogP contribution is -2.34. The van der Waals surface area contributed by atoms with Crippen LogP contribution in [0.25, 0.3) is 5.69 Å². The van der Waals surface area contributed by atoms with Crippen molar-refractivity contribution in [1.29, 1.82) is 0 Å². The Labute approximate surface area is 195 Å². The highest BCUT2D eigenvalue weighted by Gasteiger charge is 2.33. The van der Waals surface area contributed by atoms with Crippen LogP contribution >= 0.6 is 0 Å². The minimum Gasteiger partial charge on any atom is -0.442 e. The molecular formula is C24H24FN5O4. The first kappa shape index (κ1) is 23.1. The summed E-state index contributed by atoms with van der Waals surface area (Å²) in [4.78, 5) is 42.0. The highest BCUT2D eigenvalue weighted by atomic mass is 19.1. The Kier molecular flexibility index (Phi) is 6.67. The lowest BCUT2D eigenvalue weighted by Gasteiger charge is -2.14. The minimum absolute atomic E-state index is 0.0332. The standard InChI is InChI=1S/C24H24FN5O4/c1-15-3-5-19(16(2)9-15)22(31)7-8-23(32)27-11-18-12-29(24(33)34-18)17-4-6-21(20(25)10-17)30-14-26-13-28-30/h3-6,9-10,13-14,18H,7-8,11-12H2,1-2H3,(H,27,32)/t18-/m0/s1. The first-order valence-electron chi connectivity index (χ1n) is 10.8. The van der Waals surface area contributed by atoms with Crippen molar-refractivity contribution in [2.24, 2.45) is 0 Å². The summed E-state index contributed by atoms with van der Waals surface area (Å²) in [6.45, 7) is 4.08. The predicted octanol–water partition coefficient (Wildman–Crippen LogP) is 3.13. The van der Waals surface area contributed by atoms with Crippen LogP contribution in [0.1, 0.15) is 34.3 Å². The van der Waals surface area contributed by atoms with E-state index in [1.807, 2.05) is 26.0 Å². The van der Waals surface area contributed by atoms with E-state index in [1.54, 1.807) is 12.1 Å². The number of halogens is 1. The van der Waals surface area contributed by atoms with Crippen molar-refractivity contribution in [2.75, 3.05) is 18.0 Å². The van der Waals surface area contributed by atoms with Gasteiger partial charge < -0.3 is 10.1 Å². The third-order valence-electron chi connectivity index (χ3n) is 5.57. The van der Waals surface area contributed by atoms with Gasteiger partial charge in [0.1, 0.15) is 24.4 Å². The number of aryl methyl sites for hydroxylation is 2. The van der Waals surface area contributed by atoms with Gasteiger partial charge in [0.2, 0.25) is 5.91 Å². The molecule has 9 nitrogen and oxygen atoms in total. The monoisotopic (exact) mass is 465 g/mol. The van der Waals surface area contributed by atoms with E-state index in [9.17, 15) is 18.8 Å². The molecule has 1 N–H and O–H groups in total. The summed E-state index contributed by atoms with van der Waals surface area (Å²) < 4.78 is 21.1. The summed E-state index contributed by atoms with van der Waals surface area (Å²) in [7, 11) is 0. The molecule has 3 aromatic rings. The van der Waals surface area contributed by atoms with Gasteiger partial charge in [-0.3, -0.25) is 14.5 Å². The number of ketones is 1. The Hall–Kier alpha value is -4.08. The van der Waals surface area contributed by atoms with Gasteiger partial charge in [-0.2, -0.15) is 5.10 Å². The zero-order valence-electron chi connectivity index (χ0n) is 18.8. The third kappa shape index (κ3) is 5.11. The molecule has 1 aliphatic heterocycles. The quantitative estimate of drug-likeness (QED) is 0.513. The molecule has 1 aromatic heterocycles. The minimum atomic E-state index is -0.628. The average molecular weight is 465 g/mol. The van der Waals surface area contributed by atoms with Crippen molar-refractivity contribution in [2.45, 2.75) is 32.8 Å². The number of Topliss-reactive ketones (excluding diaryl/α,β-unsaturated/α-hetero) is 1. The van der Waals surface area contributed by atoms with Crippen molar-refractivity contribution >= 4 is 23.5 Å². The van der Waals surface area contributed by atoms with Gasteiger partial charge in [-0.15, -0.1) is 0 Å². The molecule has 1 atom stereocenters. The molecule has 1 saturated heterocycles. The van der Waals surface area contributed by atoms with Crippen molar-refractivity contribution < 1.29 is 23.5 Å². The summed E-state index contributed by atoms with van der Waals surface area (Å²) in [6.07, 6.45) is 1.57. The number of nitrogens with one attached hydrogen (secondary N) is 1. The van der Waals surface area contributed by atoms with E-state index < -0.39 is 18.0 Å². The van der Waals surface area contributed by atoms with Crippen LogP contribution in [0.3, 0.4) is 0 Å². The first-order chi connectivity index (χ1) is 16.3. The molecule has 0 bridgehead atoms. The summed E-state index contributed by atoms with van der Waals surface area (Å²) in [6, 6.07) is 9.88. The molecule has 4 rings (SSSR count). The SMILES string of the molecule is Cc1ccc(C(=O)CCC(=O)NC[C@H]2CN(c3ccc(-n4cncn4)c(F)c3)C(=O)O2)c(C)c1. The molecule has 1 fully saturated rings. The number of nitrogens with zero attached hydrogens (tertiary/aromatic N) is 4. The second kappa shape index (κ2) is 9.82. The summed E-state index contributed by atoms with van der Waals surface area (Å²) >= 11 is 0. The number of ether oxygens (including phenoxy) is 1. The molecule has 2 aromatic carbocycles. The molecule has 0 saturated carbocycles. The number of carbonyl (C=O) groups excluding carboxylic acids is 3. The number of amides is 2. The van der Waals surface area contributed by atoms with Gasteiger partial charge in [0, 0.05) is 18.4 Å². The van der Waals surface area contributed by atoms with Gasteiger partial charge in [-0.25, -0.2) is 18.9 Å². The maximum atomic E-state index is 14.5.